The predicted molar refractivity (Wildman–Crippen MR) is 87.2 cm³/mol. The monoisotopic (exact) mass is 313 g/mol. The molecular weight excluding hydrogens is 298 g/mol. The van der Waals surface area contributed by atoms with Crippen molar-refractivity contribution in [1.29, 1.82) is 0 Å². The molecule has 2 aliphatic rings. The first-order chi connectivity index (χ1) is 10.7. The SMILES string of the molecule is [O-][n+]1cccc2c1CCC1CCN(c3ccc(Cl)cc3)N=C21. The lowest BCUT2D eigenvalue weighted by molar-refractivity contribution is -0.614. The number of hydrogen-bond acceptors (Lipinski definition) is 3. The van der Waals surface area contributed by atoms with Crippen molar-refractivity contribution in [1.82, 2.24) is 0 Å². The molecule has 1 atom stereocenters. The largest absolute Gasteiger partial charge is 0.618 e. The normalized spacial score (nSPS) is 20.1. The Labute approximate surface area is 134 Å². The van der Waals surface area contributed by atoms with Crippen LogP contribution in [0.5, 0.6) is 0 Å². The zero-order valence-electron chi connectivity index (χ0n) is 12.1. The van der Waals surface area contributed by atoms with Crippen LogP contribution in [0.4, 0.5) is 5.69 Å². The molecule has 1 aliphatic heterocycles. The molecule has 2 aromatic rings. The standard InChI is InChI=1S/C17H16ClN3O/c18-13-4-6-14(7-5-13)20-11-9-12-3-8-16-15(17(12)19-20)2-1-10-21(16)22/h1-2,4-7,10,12H,3,8-9,11H2. The lowest BCUT2D eigenvalue weighted by atomic mass is 9.82. The summed E-state index contributed by atoms with van der Waals surface area (Å²) < 4.78 is 0.981. The second kappa shape index (κ2) is 5.29. The molecule has 1 aromatic carbocycles. The van der Waals surface area contributed by atoms with Crippen molar-refractivity contribution in [2.45, 2.75) is 19.3 Å². The highest BCUT2D eigenvalue weighted by Crippen LogP contribution is 2.32. The molecule has 1 aromatic heterocycles. The van der Waals surface area contributed by atoms with E-state index < -0.39 is 0 Å². The van der Waals surface area contributed by atoms with E-state index >= 15 is 0 Å². The molecule has 1 aliphatic carbocycles. The summed E-state index contributed by atoms with van der Waals surface area (Å²) >= 11 is 5.95. The molecule has 22 heavy (non-hydrogen) atoms. The topological polar surface area (TPSA) is 42.5 Å². The second-order valence-electron chi connectivity index (χ2n) is 5.80. The molecule has 0 radical (unpaired) electrons. The molecule has 2 heterocycles. The number of hydrazone groups is 1. The molecule has 0 spiro atoms. The lowest BCUT2D eigenvalue weighted by Crippen LogP contribution is -2.41. The van der Waals surface area contributed by atoms with Gasteiger partial charge in [-0.3, -0.25) is 5.01 Å². The van der Waals surface area contributed by atoms with Crippen molar-refractivity contribution < 1.29 is 4.73 Å². The molecule has 5 heteroatoms. The van der Waals surface area contributed by atoms with Crippen LogP contribution in [-0.2, 0) is 6.42 Å². The molecule has 0 saturated carbocycles. The van der Waals surface area contributed by atoms with Crippen LogP contribution < -0.4 is 9.74 Å². The first kappa shape index (κ1) is 13.6. The highest BCUT2D eigenvalue weighted by atomic mass is 35.5. The van der Waals surface area contributed by atoms with Crippen LogP contribution in [0.3, 0.4) is 0 Å². The van der Waals surface area contributed by atoms with Crippen molar-refractivity contribution in [2.24, 2.45) is 11.0 Å². The first-order valence-electron chi connectivity index (χ1n) is 7.55. The minimum atomic E-state index is 0.457. The molecule has 0 saturated heterocycles. The lowest BCUT2D eigenvalue weighted by Gasteiger charge is -2.33. The zero-order chi connectivity index (χ0) is 15.1. The van der Waals surface area contributed by atoms with Gasteiger partial charge in [0.25, 0.3) is 0 Å². The van der Waals surface area contributed by atoms with Gasteiger partial charge in [-0.25, -0.2) is 0 Å². The quantitative estimate of drug-likeness (QED) is 0.599. The van der Waals surface area contributed by atoms with Gasteiger partial charge in [-0.05, 0) is 43.2 Å². The average molecular weight is 314 g/mol. The van der Waals surface area contributed by atoms with Crippen molar-refractivity contribution in [2.75, 3.05) is 11.6 Å². The first-order valence-corrected chi connectivity index (χ1v) is 7.93. The molecule has 1 unspecified atom stereocenters. The molecule has 0 amide bonds. The summed E-state index contributed by atoms with van der Waals surface area (Å²) in [5, 5.41) is 19.5. The number of rotatable bonds is 1. The van der Waals surface area contributed by atoms with Crippen molar-refractivity contribution in [3.05, 3.63) is 64.1 Å². The number of anilines is 1. The van der Waals surface area contributed by atoms with Gasteiger partial charge in [0.05, 0.1) is 17.0 Å². The van der Waals surface area contributed by atoms with Crippen molar-refractivity contribution >= 4 is 23.0 Å². The van der Waals surface area contributed by atoms with Crippen LogP contribution >= 0.6 is 11.6 Å². The Morgan fingerprint density at radius 2 is 2.00 bits per heavy atom. The van der Waals surface area contributed by atoms with Crippen LogP contribution in [0.15, 0.2) is 47.7 Å². The Balaban J connectivity index is 1.76. The van der Waals surface area contributed by atoms with Crippen LogP contribution in [0.1, 0.15) is 24.1 Å². The number of nitrogens with zero attached hydrogens (tertiary/aromatic N) is 3. The third-order valence-electron chi connectivity index (χ3n) is 4.50. The average Bonchev–Trinajstić information content (AvgIpc) is 2.55. The summed E-state index contributed by atoms with van der Waals surface area (Å²) in [6.45, 7) is 0.898. The Morgan fingerprint density at radius 1 is 1.18 bits per heavy atom. The third kappa shape index (κ3) is 2.24. The molecule has 0 N–H and O–H groups in total. The van der Waals surface area contributed by atoms with E-state index in [1.165, 1.54) is 0 Å². The molecule has 0 bridgehead atoms. The minimum absolute atomic E-state index is 0.457. The van der Waals surface area contributed by atoms with E-state index in [2.05, 4.69) is 0 Å². The fourth-order valence-corrected chi connectivity index (χ4v) is 3.47. The maximum absolute atomic E-state index is 12.0. The number of hydrogen-bond donors (Lipinski definition) is 0. The zero-order valence-corrected chi connectivity index (χ0v) is 12.8. The summed E-state index contributed by atoms with van der Waals surface area (Å²) in [6.07, 6.45) is 4.48. The number of benzene rings is 1. The highest BCUT2D eigenvalue weighted by Gasteiger charge is 2.33. The summed E-state index contributed by atoms with van der Waals surface area (Å²) in [5.41, 5.74) is 3.93. The Bertz CT molecular complexity index is 742. The van der Waals surface area contributed by atoms with Crippen molar-refractivity contribution in [3.63, 3.8) is 0 Å². The van der Waals surface area contributed by atoms with E-state index in [0.717, 1.165) is 58.2 Å². The minimum Gasteiger partial charge on any atom is -0.618 e. The molecule has 4 nitrogen and oxygen atoms in total. The van der Waals surface area contributed by atoms with Crippen LogP contribution in [0, 0.1) is 11.1 Å². The van der Waals surface area contributed by atoms with Crippen molar-refractivity contribution in [3.8, 4) is 0 Å². The van der Waals surface area contributed by atoms with E-state index in [0.29, 0.717) is 5.92 Å². The summed E-state index contributed by atoms with van der Waals surface area (Å²) in [6, 6.07) is 11.5. The van der Waals surface area contributed by atoms with Crippen LogP contribution in [0.25, 0.3) is 0 Å². The van der Waals surface area contributed by atoms with Gasteiger partial charge in [0.1, 0.15) is 0 Å². The predicted octanol–water partition coefficient (Wildman–Crippen LogP) is 3.15. The maximum Gasteiger partial charge on any atom is 0.201 e. The Morgan fingerprint density at radius 3 is 2.82 bits per heavy atom. The van der Waals surface area contributed by atoms with Gasteiger partial charge in [-0.15, -0.1) is 0 Å². The maximum atomic E-state index is 12.0. The number of halogens is 1. The van der Waals surface area contributed by atoms with Gasteiger partial charge in [0.2, 0.25) is 5.69 Å². The third-order valence-corrected chi connectivity index (χ3v) is 4.75. The summed E-state index contributed by atoms with van der Waals surface area (Å²) in [4.78, 5) is 0. The van der Waals surface area contributed by atoms with Gasteiger partial charge in [-0.2, -0.15) is 9.83 Å². The highest BCUT2D eigenvalue weighted by molar-refractivity contribution is 6.30. The number of pyridine rings is 1. The van der Waals surface area contributed by atoms with Gasteiger partial charge >= 0.3 is 0 Å². The molecular formula is C17H16ClN3O. The number of aromatic nitrogens is 1. The van der Waals surface area contributed by atoms with Gasteiger partial charge < -0.3 is 5.21 Å². The van der Waals surface area contributed by atoms with Crippen LogP contribution in [0.2, 0.25) is 5.02 Å². The molecule has 112 valence electrons. The molecule has 4 rings (SSSR count). The fourth-order valence-electron chi connectivity index (χ4n) is 3.34. The number of fused-ring (bicyclic) bond motifs is 3. The van der Waals surface area contributed by atoms with E-state index in [1.54, 1.807) is 12.3 Å². The van der Waals surface area contributed by atoms with E-state index in [1.807, 2.05) is 35.3 Å². The summed E-state index contributed by atoms with van der Waals surface area (Å²) in [7, 11) is 0. The van der Waals surface area contributed by atoms with E-state index in [4.69, 9.17) is 16.7 Å². The van der Waals surface area contributed by atoms with Gasteiger partial charge in [0.15, 0.2) is 6.20 Å². The summed E-state index contributed by atoms with van der Waals surface area (Å²) in [5.74, 6) is 0.457. The van der Waals surface area contributed by atoms with Gasteiger partial charge in [-0.1, -0.05) is 11.6 Å². The van der Waals surface area contributed by atoms with E-state index in [9.17, 15) is 5.21 Å². The fraction of sp³-hybridized carbons (Fsp3) is 0.294. The van der Waals surface area contributed by atoms with E-state index in [-0.39, 0.29) is 0 Å². The smallest absolute Gasteiger partial charge is 0.201 e. The van der Waals surface area contributed by atoms with Crippen LogP contribution in [-0.4, -0.2) is 12.3 Å². The molecule has 0 fully saturated rings. The second-order valence-corrected chi connectivity index (χ2v) is 6.24. The Hall–Kier alpha value is -2.07. The Kier molecular flexibility index (Phi) is 3.26. The van der Waals surface area contributed by atoms with Gasteiger partial charge in [0, 0.05) is 30.0 Å².